The lowest BCUT2D eigenvalue weighted by Crippen LogP contribution is -2.59. The van der Waals surface area contributed by atoms with Gasteiger partial charge in [0.25, 0.3) is 0 Å². The number of ether oxygens (including phenoxy) is 2. The van der Waals surface area contributed by atoms with Gasteiger partial charge in [-0.25, -0.2) is 0 Å². The second-order valence-electron chi connectivity index (χ2n) is 8.56. The maximum absolute atomic E-state index is 6.48. The van der Waals surface area contributed by atoms with E-state index in [1.54, 1.807) is 0 Å². The van der Waals surface area contributed by atoms with E-state index in [1.165, 1.54) is 11.1 Å². The van der Waals surface area contributed by atoms with E-state index in [1.807, 2.05) is 0 Å². The summed E-state index contributed by atoms with van der Waals surface area (Å²) in [6.45, 7) is 8.13. The number of nitrogens with one attached hydrogen (secondary N) is 1. The van der Waals surface area contributed by atoms with Gasteiger partial charge in [-0.2, -0.15) is 0 Å². The Balaban J connectivity index is 1.69. The smallest absolute Gasteiger partial charge is 0.174 e. The number of hydrogen-bond donors (Lipinski definition) is 1. The summed E-state index contributed by atoms with van der Waals surface area (Å²) in [6.07, 6.45) is 0.831. The average Bonchev–Trinajstić information content (AvgIpc) is 2.67. The van der Waals surface area contributed by atoms with Crippen molar-refractivity contribution in [3.05, 3.63) is 71.8 Å². The molecule has 1 N–H and O–H groups in total. The summed E-state index contributed by atoms with van der Waals surface area (Å²) in [6, 6.07) is 21.7. The van der Waals surface area contributed by atoms with Crippen molar-refractivity contribution in [3.8, 4) is 0 Å². The van der Waals surface area contributed by atoms with E-state index in [9.17, 15) is 0 Å². The molecule has 4 rings (SSSR count). The Morgan fingerprint density at radius 1 is 0.846 bits per heavy atom. The fourth-order valence-electron chi connectivity index (χ4n) is 4.19. The van der Waals surface area contributed by atoms with Gasteiger partial charge in [0, 0.05) is 29.8 Å². The fourth-order valence-corrected chi connectivity index (χ4v) is 4.19. The average molecular weight is 351 g/mol. The van der Waals surface area contributed by atoms with Crippen LogP contribution in [-0.2, 0) is 9.47 Å². The fraction of sp³-hybridized carbons (Fsp3) is 0.478. The van der Waals surface area contributed by atoms with E-state index in [0.717, 1.165) is 19.6 Å². The lowest BCUT2D eigenvalue weighted by Gasteiger charge is -2.53. The number of piperidine rings is 1. The van der Waals surface area contributed by atoms with Gasteiger partial charge in [-0.3, -0.25) is 0 Å². The molecule has 2 aromatic rings. The molecule has 3 unspecified atom stereocenters. The van der Waals surface area contributed by atoms with Crippen molar-refractivity contribution in [1.29, 1.82) is 0 Å². The zero-order valence-electron chi connectivity index (χ0n) is 15.9. The van der Waals surface area contributed by atoms with Gasteiger partial charge in [0.15, 0.2) is 5.79 Å². The van der Waals surface area contributed by atoms with Gasteiger partial charge in [0.1, 0.15) is 0 Å². The van der Waals surface area contributed by atoms with E-state index >= 15 is 0 Å². The van der Waals surface area contributed by atoms with Crippen LogP contribution in [0, 0.1) is 11.3 Å². The van der Waals surface area contributed by atoms with Gasteiger partial charge in [-0.15, -0.1) is 0 Å². The molecule has 1 spiro atoms. The predicted octanol–water partition coefficient (Wildman–Crippen LogP) is 4.87. The Kier molecular flexibility index (Phi) is 4.64. The van der Waals surface area contributed by atoms with Crippen molar-refractivity contribution in [2.45, 2.75) is 45.1 Å². The molecule has 26 heavy (non-hydrogen) atoms. The minimum atomic E-state index is -0.540. The minimum absolute atomic E-state index is 0.0698. The Hall–Kier alpha value is -1.68. The van der Waals surface area contributed by atoms with Gasteiger partial charge in [-0.1, -0.05) is 81.4 Å². The number of rotatable bonds is 2. The Labute approximate surface area is 156 Å². The standard InChI is InChI=1S/C23H29NO2/c1-17-21(19-12-8-5-9-13-19)24-20(18-10-6-4-7-11-18)14-23(17)25-15-22(2,3)16-26-23/h4-13,17,20-21,24H,14-16H2,1-3H3. The van der Waals surface area contributed by atoms with Crippen molar-refractivity contribution in [2.24, 2.45) is 11.3 Å². The highest BCUT2D eigenvalue weighted by Gasteiger charge is 2.52. The van der Waals surface area contributed by atoms with Crippen LogP contribution in [0.3, 0.4) is 0 Å². The molecule has 0 aliphatic carbocycles. The first-order valence-electron chi connectivity index (χ1n) is 9.63. The molecule has 0 saturated carbocycles. The molecule has 2 aromatic carbocycles. The van der Waals surface area contributed by atoms with Gasteiger partial charge in [0.2, 0.25) is 0 Å². The van der Waals surface area contributed by atoms with Crippen LogP contribution in [0.15, 0.2) is 60.7 Å². The second kappa shape index (κ2) is 6.80. The van der Waals surface area contributed by atoms with Crippen molar-refractivity contribution in [1.82, 2.24) is 5.32 Å². The summed E-state index contributed by atoms with van der Waals surface area (Å²) >= 11 is 0. The molecular weight excluding hydrogens is 322 g/mol. The largest absolute Gasteiger partial charge is 0.349 e. The van der Waals surface area contributed by atoms with Crippen molar-refractivity contribution in [2.75, 3.05) is 13.2 Å². The van der Waals surface area contributed by atoms with Gasteiger partial charge >= 0.3 is 0 Å². The molecule has 0 radical (unpaired) electrons. The molecule has 3 atom stereocenters. The van der Waals surface area contributed by atoms with Crippen LogP contribution in [0.2, 0.25) is 0 Å². The van der Waals surface area contributed by atoms with E-state index in [-0.39, 0.29) is 23.4 Å². The molecule has 0 aromatic heterocycles. The highest BCUT2D eigenvalue weighted by molar-refractivity contribution is 5.26. The van der Waals surface area contributed by atoms with Crippen molar-refractivity contribution in [3.63, 3.8) is 0 Å². The summed E-state index contributed by atoms with van der Waals surface area (Å²) in [5, 5.41) is 3.87. The first-order chi connectivity index (χ1) is 12.5. The van der Waals surface area contributed by atoms with Crippen LogP contribution in [0.25, 0.3) is 0 Å². The molecule has 2 aliphatic heterocycles. The molecule has 0 bridgehead atoms. The summed E-state index contributed by atoms with van der Waals surface area (Å²) in [5.74, 6) is -0.317. The Bertz CT molecular complexity index is 718. The molecule has 138 valence electrons. The van der Waals surface area contributed by atoms with E-state index in [2.05, 4.69) is 86.8 Å². The maximum Gasteiger partial charge on any atom is 0.174 e. The highest BCUT2D eigenvalue weighted by Crippen LogP contribution is 2.48. The summed E-state index contributed by atoms with van der Waals surface area (Å²) in [4.78, 5) is 0. The molecule has 0 amide bonds. The SMILES string of the molecule is CC1C(c2ccccc2)NC(c2ccccc2)CC12OCC(C)(C)CO2. The van der Waals surface area contributed by atoms with E-state index in [0.29, 0.717) is 0 Å². The molecule has 2 fully saturated rings. The predicted molar refractivity (Wildman–Crippen MR) is 104 cm³/mol. The molecule has 2 saturated heterocycles. The van der Waals surface area contributed by atoms with Crippen LogP contribution in [-0.4, -0.2) is 19.0 Å². The van der Waals surface area contributed by atoms with E-state index < -0.39 is 5.79 Å². The topological polar surface area (TPSA) is 30.5 Å². The van der Waals surface area contributed by atoms with Crippen LogP contribution >= 0.6 is 0 Å². The van der Waals surface area contributed by atoms with Gasteiger partial charge < -0.3 is 14.8 Å². The third kappa shape index (κ3) is 3.32. The Morgan fingerprint density at radius 2 is 1.38 bits per heavy atom. The van der Waals surface area contributed by atoms with Crippen molar-refractivity contribution < 1.29 is 9.47 Å². The van der Waals surface area contributed by atoms with Gasteiger partial charge in [-0.05, 0) is 11.1 Å². The Morgan fingerprint density at radius 3 is 1.96 bits per heavy atom. The minimum Gasteiger partial charge on any atom is -0.349 e. The van der Waals surface area contributed by atoms with Crippen LogP contribution in [0.4, 0.5) is 0 Å². The number of benzene rings is 2. The van der Waals surface area contributed by atoms with Crippen LogP contribution in [0.5, 0.6) is 0 Å². The first kappa shape index (κ1) is 17.7. The lowest BCUT2D eigenvalue weighted by atomic mass is 9.77. The second-order valence-corrected chi connectivity index (χ2v) is 8.56. The summed E-state index contributed by atoms with van der Waals surface area (Å²) < 4.78 is 13.0. The number of hydrogen-bond acceptors (Lipinski definition) is 3. The lowest BCUT2D eigenvalue weighted by molar-refractivity contribution is -0.337. The summed E-state index contributed by atoms with van der Waals surface area (Å²) in [7, 11) is 0. The highest BCUT2D eigenvalue weighted by atomic mass is 16.7. The molecule has 2 aliphatic rings. The third-order valence-electron chi connectivity index (χ3n) is 5.84. The first-order valence-corrected chi connectivity index (χ1v) is 9.63. The summed E-state index contributed by atoms with van der Waals surface area (Å²) in [5.41, 5.74) is 2.65. The zero-order valence-corrected chi connectivity index (χ0v) is 15.9. The molecule has 3 heteroatoms. The van der Waals surface area contributed by atoms with Crippen LogP contribution in [0.1, 0.15) is 50.4 Å². The van der Waals surface area contributed by atoms with Crippen molar-refractivity contribution >= 4 is 0 Å². The third-order valence-corrected chi connectivity index (χ3v) is 5.84. The monoisotopic (exact) mass is 351 g/mol. The zero-order chi connectivity index (χ0) is 18.2. The van der Waals surface area contributed by atoms with Gasteiger partial charge in [0.05, 0.1) is 13.2 Å². The van der Waals surface area contributed by atoms with E-state index in [4.69, 9.17) is 9.47 Å². The van der Waals surface area contributed by atoms with Crippen LogP contribution < -0.4 is 5.32 Å². The quantitative estimate of drug-likeness (QED) is 0.837. The normalized spacial score (nSPS) is 30.2. The molecule has 2 heterocycles. The maximum atomic E-state index is 6.48. The molecule has 3 nitrogen and oxygen atoms in total. The molecular formula is C23H29NO2.